The Hall–Kier alpha value is -3.10. The van der Waals surface area contributed by atoms with E-state index < -0.39 is 23.2 Å². The molecule has 2 aliphatic carbocycles. The van der Waals surface area contributed by atoms with Crippen LogP contribution < -0.4 is 24.8 Å². The molecule has 2 aliphatic rings. The number of halogens is 2. The van der Waals surface area contributed by atoms with Gasteiger partial charge in [-0.05, 0) is 0 Å². The Bertz CT molecular complexity index is 1830. The van der Waals surface area contributed by atoms with Gasteiger partial charge in [0.1, 0.15) is 0 Å². The first-order chi connectivity index (χ1) is 18.3. The summed E-state index contributed by atoms with van der Waals surface area (Å²) < 4.78 is 5.36. The smallest absolute Gasteiger partial charge is 1.00 e. The Balaban J connectivity index is 0.00000138. The van der Waals surface area contributed by atoms with Crippen molar-refractivity contribution in [2.45, 2.75) is 6.87 Å². The van der Waals surface area contributed by atoms with Crippen LogP contribution in [0, 0.1) is 0 Å². The van der Waals surface area contributed by atoms with Gasteiger partial charge in [-0.15, -0.1) is 0 Å². The molecule has 0 saturated heterocycles. The van der Waals surface area contributed by atoms with Crippen LogP contribution in [0.2, 0.25) is 0 Å². The second-order valence-corrected chi connectivity index (χ2v) is 13.9. The molecule has 5 heteroatoms. The fourth-order valence-electron chi connectivity index (χ4n) is 6.36. The molecule has 6 aromatic rings. The van der Waals surface area contributed by atoms with Gasteiger partial charge in [0.15, 0.2) is 0 Å². The van der Waals surface area contributed by atoms with E-state index in [0.717, 1.165) is 0 Å². The van der Waals surface area contributed by atoms with E-state index in [1.807, 2.05) is 0 Å². The molecular formula is C34H24Cl2N2Zr. The topological polar surface area (TPSA) is 9.86 Å². The first-order valence-corrected chi connectivity index (χ1v) is 15.5. The third-order valence-corrected chi connectivity index (χ3v) is 13.0. The van der Waals surface area contributed by atoms with Gasteiger partial charge in [0, 0.05) is 0 Å². The molecule has 39 heavy (non-hydrogen) atoms. The third kappa shape index (κ3) is 3.86. The molecule has 0 aliphatic heterocycles. The maximum atomic E-state index is 2.56. The number of rotatable bonds is 4. The molecule has 0 bridgehead atoms. The van der Waals surface area contributed by atoms with Crippen LogP contribution in [0.1, 0.15) is 25.9 Å². The van der Waals surface area contributed by atoms with E-state index in [4.69, 9.17) is 0 Å². The predicted molar refractivity (Wildman–Crippen MR) is 150 cm³/mol. The molecule has 2 aromatic heterocycles. The molecule has 2 nitrogen and oxygen atoms in total. The molecule has 188 valence electrons. The number of para-hydroxylation sites is 2. The molecule has 0 radical (unpaired) electrons. The van der Waals surface area contributed by atoms with E-state index in [0.29, 0.717) is 3.63 Å². The molecule has 0 fully saturated rings. The largest absolute Gasteiger partial charge is 1.00 e. The predicted octanol–water partition coefficient (Wildman–Crippen LogP) is 2.17. The third-order valence-electron chi connectivity index (χ3n) is 8.00. The van der Waals surface area contributed by atoms with Gasteiger partial charge in [0.2, 0.25) is 0 Å². The first-order valence-electron chi connectivity index (χ1n) is 12.8. The maximum absolute atomic E-state index is 2.56. The quantitative estimate of drug-likeness (QED) is 0.286. The fraction of sp³-hybridized carbons (Fsp3) is 0.0588. The first kappa shape index (κ1) is 26.1. The second-order valence-electron chi connectivity index (χ2n) is 9.92. The Kier molecular flexibility index (Phi) is 6.80. The minimum atomic E-state index is -1.24. The van der Waals surface area contributed by atoms with Crippen molar-refractivity contribution >= 4 is 39.7 Å². The summed E-state index contributed by atoms with van der Waals surface area (Å²) >= 11 is -1.24. The summed E-state index contributed by atoms with van der Waals surface area (Å²) in [5.74, 6) is 0. The normalized spacial score (nSPS) is 18.7. The van der Waals surface area contributed by atoms with Gasteiger partial charge in [-0.3, -0.25) is 0 Å². The van der Waals surface area contributed by atoms with Crippen molar-refractivity contribution in [2.75, 3.05) is 0 Å². The number of hydrogen-bond donors (Lipinski definition) is 0. The summed E-state index contributed by atoms with van der Waals surface area (Å²) in [4.78, 5) is 0. The van der Waals surface area contributed by atoms with Crippen LogP contribution in [0.15, 0.2) is 128 Å². The van der Waals surface area contributed by atoms with Gasteiger partial charge in [-0.2, -0.15) is 0 Å². The van der Waals surface area contributed by atoms with Crippen LogP contribution in [0.5, 0.6) is 0 Å². The zero-order valence-corrected chi connectivity index (χ0v) is 25.0. The van der Waals surface area contributed by atoms with Gasteiger partial charge >= 0.3 is 229 Å². The van der Waals surface area contributed by atoms with Crippen LogP contribution in [0.25, 0.3) is 39.7 Å². The van der Waals surface area contributed by atoms with Crippen LogP contribution in [0.3, 0.4) is 0 Å². The summed E-state index contributed by atoms with van der Waals surface area (Å²) in [6, 6.07) is 40.1. The van der Waals surface area contributed by atoms with Crippen molar-refractivity contribution in [2.24, 2.45) is 0 Å². The zero-order chi connectivity index (χ0) is 24.4. The number of hydrogen-bond acceptors (Lipinski definition) is 0. The standard InChI is InChI=1S/C21H14N.C13H10N.2ClH.Zr/c1-2-8-16-14-17(13-15(16)7-1)22-20-11-5-3-9-18(20)19-10-4-6-12-21(19)22;1-2-6-12-11(5-1)7-8-13(12)14-9-3-4-10-14;;;/h1-14H;1-10H;2*1H;/q;;;;+2/p-2. The van der Waals surface area contributed by atoms with Crippen molar-refractivity contribution in [3.05, 3.63) is 150 Å². The molecule has 0 spiro atoms. The van der Waals surface area contributed by atoms with E-state index in [1.165, 1.54) is 49.8 Å². The van der Waals surface area contributed by atoms with E-state index in [9.17, 15) is 0 Å². The SMILES string of the molecule is C1=C[C]([Zr+2][CH]2C(n3c4ccccc4c4ccccc43)=Cc3ccccc32)(n2cccc2)c2ccccc21.[Cl-].[Cl-]. The van der Waals surface area contributed by atoms with Crippen molar-refractivity contribution in [3.63, 3.8) is 0 Å². The maximum Gasteiger partial charge on any atom is -1.00 e. The molecule has 2 unspecified atom stereocenters. The minimum absolute atomic E-state index is 0. The van der Waals surface area contributed by atoms with Crippen molar-refractivity contribution in [1.82, 2.24) is 9.13 Å². The minimum Gasteiger partial charge on any atom is -1.00 e. The fourth-order valence-corrected chi connectivity index (χ4v) is 11.5. The molecular weight excluding hydrogens is 599 g/mol. The Morgan fingerprint density at radius 1 is 0.615 bits per heavy atom. The Morgan fingerprint density at radius 2 is 1.21 bits per heavy atom. The Labute approximate surface area is 252 Å². The number of nitrogens with zero attached hydrogens (tertiary/aromatic N) is 2. The monoisotopic (exact) mass is 620 g/mol. The molecule has 8 rings (SSSR count). The summed E-state index contributed by atoms with van der Waals surface area (Å²) in [6.45, 7) is 0. The van der Waals surface area contributed by atoms with E-state index in [2.05, 4.69) is 149 Å². The number of aromatic nitrogens is 2. The molecule has 0 N–H and O–H groups in total. The summed E-state index contributed by atoms with van der Waals surface area (Å²) in [6.07, 6.45) is 11.8. The summed E-state index contributed by atoms with van der Waals surface area (Å²) in [5.41, 5.74) is 9.66. The Morgan fingerprint density at radius 3 is 1.92 bits per heavy atom. The number of allylic oxidation sites excluding steroid dienone is 2. The van der Waals surface area contributed by atoms with Gasteiger partial charge in [0.25, 0.3) is 0 Å². The average Bonchev–Trinajstić information content (AvgIpc) is 3.74. The van der Waals surface area contributed by atoms with Crippen LogP contribution in [0.4, 0.5) is 0 Å². The van der Waals surface area contributed by atoms with Crippen LogP contribution >= 0.6 is 0 Å². The molecule has 0 amide bonds. The van der Waals surface area contributed by atoms with E-state index >= 15 is 0 Å². The molecule has 2 heterocycles. The van der Waals surface area contributed by atoms with E-state index in [1.54, 1.807) is 0 Å². The second kappa shape index (κ2) is 10.1. The number of benzene rings is 4. The summed E-state index contributed by atoms with van der Waals surface area (Å²) in [5, 5.41) is 2.65. The molecule has 2 atom stereocenters. The summed E-state index contributed by atoms with van der Waals surface area (Å²) in [7, 11) is 0. The van der Waals surface area contributed by atoms with Gasteiger partial charge in [-0.25, -0.2) is 0 Å². The zero-order valence-electron chi connectivity index (χ0n) is 21.0. The van der Waals surface area contributed by atoms with E-state index in [-0.39, 0.29) is 28.1 Å². The van der Waals surface area contributed by atoms with Gasteiger partial charge in [-0.1, -0.05) is 0 Å². The van der Waals surface area contributed by atoms with Crippen molar-refractivity contribution < 1.29 is 48.0 Å². The van der Waals surface area contributed by atoms with Crippen molar-refractivity contribution in [1.29, 1.82) is 0 Å². The molecule has 0 saturated carbocycles. The van der Waals surface area contributed by atoms with Crippen molar-refractivity contribution in [3.8, 4) is 0 Å². The molecule has 4 aromatic carbocycles. The number of fused-ring (bicyclic) bond motifs is 5. The van der Waals surface area contributed by atoms with Gasteiger partial charge < -0.3 is 24.8 Å². The van der Waals surface area contributed by atoms with Crippen LogP contribution in [-0.4, -0.2) is 9.13 Å². The average molecular weight is 623 g/mol. The van der Waals surface area contributed by atoms with Crippen LogP contribution in [-0.2, 0) is 26.5 Å². The van der Waals surface area contributed by atoms with Gasteiger partial charge in [0.05, 0.1) is 0 Å².